The highest BCUT2D eigenvalue weighted by Crippen LogP contribution is 2.64. The van der Waals surface area contributed by atoms with Gasteiger partial charge < -0.3 is 13.8 Å². The number of alkyl halides is 4. The van der Waals surface area contributed by atoms with Crippen LogP contribution in [-0.2, 0) is 30.1 Å². The monoisotopic (exact) mass is 434 g/mol. The predicted molar refractivity (Wildman–Crippen MR) is 86.5 cm³/mol. The first-order chi connectivity index (χ1) is 12.4. The molecule has 1 unspecified atom stereocenters. The molecule has 152 valence electrons. The van der Waals surface area contributed by atoms with Crippen molar-refractivity contribution >= 4 is 18.5 Å². The van der Waals surface area contributed by atoms with Crippen LogP contribution in [0.3, 0.4) is 0 Å². The molecule has 14 heteroatoms. The number of rotatable bonds is 4. The summed E-state index contributed by atoms with van der Waals surface area (Å²) >= 11 is 4.99. The average Bonchev–Trinajstić information content (AvgIpc) is 2.75. The first kappa shape index (κ1) is 20.6. The lowest BCUT2D eigenvalue weighted by Crippen LogP contribution is -2.57. The summed E-state index contributed by atoms with van der Waals surface area (Å²) in [5.74, 6) is -4.10. The van der Waals surface area contributed by atoms with Gasteiger partial charge >= 0.3 is 18.3 Å². The maximum atomic E-state index is 15.0. The van der Waals surface area contributed by atoms with Gasteiger partial charge in [0.25, 0.3) is 12.0 Å². The summed E-state index contributed by atoms with van der Waals surface area (Å²) in [4.78, 5) is 24.8. The molecule has 2 aliphatic heterocycles. The maximum absolute atomic E-state index is 15.0. The lowest BCUT2D eigenvalue weighted by Gasteiger charge is -2.41. The van der Waals surface area contributed by atoms with Crippen molar-refractivity contribution in [1.82, 2.24) is 9.55 Å². The topological polar surface area (TPSA) is 91.8 Å². The van der Waals surface area contributed by atoms with E-state index < -0.39 is 61.0 Å². The molecule has 2 fully saturated rings. The van der Waals surface area contributed by atoms with Crippen LogP contribution in [0.1, 0.15) is 20.1 Å². The van der Waals surface area contributed by atoms with E-state index in [9.17, 15) is 18.4 Å². The van der Waals surface area contributed by atoms with E-state index in [2.05, 4.69) is 0 Å². The predicted octanol–water partition coefficient (Wildman–Crippen LogP) is 1.77. The summed E-state index contributed by atoms with van der Waals surface area (Å²) in [6.45, 7) is -1.67. The summed E-state index contributed by atoms with van der Waals surface area (Å²) in [7, 11) is 0. The largest absolute Gasteiger partial charge is 0.333 e. The lowest BCUT2D eigenvalue weighted by atomic mass is 9.96. The van der Waals surface area contributed by atoms with Crippen LogP contribution in [0.15, 0.2) is 21.9 Å². The van der Waals surface area contributed by atoms with Crippen LogP contribution in [-0.4, -0.2) is 46.3 Å². The van der Waals surface area contributed by atoms with E-state index in [-0.39, 0.29) is 0 Å². The Morgan fingerprint density at radius 3 is 2.63 bits per heavy atom. The van der Waals surface area contributed by atoms with E-state index in [1.54, 1.807) is 18.8 Å². The van der Waals surface area contributed by atoms with E-state index in [4.69, 9.17) is 30.1 Å². The van der Waals surface area contributed by atoms with E-state index in [1.165, 1.54) is 0 Å². The summed E-state index contributed by atoms with van der Waals surface area (Å²) in [6, 6.07) is 0.779. The van der Waals surface area contributed by atoms with Gasteiger partial charge in [-0.25, -0.2) is 13.6 Å². The molecule has 0 radical (unpaired) electrons. The number of aromatic nitrogens is 2. The molecule has 0 aromatic carbocycles. The minimum Gasteiger partial charge on any atom is -0.333 e. The van der Waals surface area contributed by atoms with Gasteiger partial charge in [-0.2, -0.15) is 8.78 Å². The van der Waals surface area contributed by atoms with Crippen LogP contribution in [0.4, 0.5) is 17.6 Å². The Morgan fingerprint density at radius 2 is 2.07 bits per heavy atom. The third-order valence-corrected chi connectivity index (χ3v) is 6.38. The molecule has 4 atom stereocenters. The Labute approximate surface area is 154 Å². The molecule has 27 heavy (non-hydrogen) atoms. The molecule has 0 amide bonds. The maximum Gasteiger partial charge on any atom is 0.330 e. The van der Waals surface area contributed by atoms with Gasteiger partial charge in [0, 0.05) is 12.3 Å². The van der Waals surface area contributed by atoms with Crippen LogP contribution in [0, 0.1) is 0 Å². The average molecular weight is 434 g/mol. The van der Waals surface area contributed by atoms with E-state index >= 15 is 8.78 Å². The second kappa shape index (κ2) is 6.75. The molecule has 0 spiro atoms. The van der Waals surface area contributed by atoms with Gasteiger partial charge in [0.05, 0.1) is 12.7 Å². The zero-order valence-electron chi connectivity index (χ0n) is 13.9. The lowest BCUT2D eigenvalue weighted by molar-refractivity contribution is -0.205. The van der Waals surface area contributed by atoms with E-state index in [0.29, 0.717) is 4.57 Å². The van der Waals surface area contributed by atoms with Crippen molar-refractivity contribution in [1.29, 1.82) is 0 Å². The highest BCUT2D eigenvalue weighted by molar-refractivity contribution is 8.07. The zero-order chi connectivity index (χ0) is 20.2. The number of fused-ring (bicyclic) bond motifs is 1. The van der Waals surface area contributed by atoms with Crippen LogP contribution >= 0.6 is 6.72 Å². The van der Waals surface area contributed by atoms with Crippen molar-refractivity contribution in [2.45, 2.75) is 50.2 Å². The fourth-order valence-corrected chi connectivity index (χ4v) is 5.37. The van der Waals surface area contributed by atoms with Gasteiger partial charge in [0.15, 0.2) is 11.7 Å². The number of aromatic amines is 1. The summed E-state index contributed by atoms with van der Waals surface area (Å²) in [5.41, 5.74) is -4.97. The van der Waals surface area contributed by atoms with E-state index in [1.807, 2.05) is 0 Å². The number of ether oxygens (including phenoxy) is 1. The van der Waals surface area contributed by atoms with Crippen molar-refractivity contribution in [2.24, 2.45) is 0 Å². The van der Waals surface area contributed by atoms with Gasteiger partial charge in [-0.15, -0.1) is 0 Å². The quantitative estimate of drug-likeness (QED) is 0.571. The van der Waals surface area contributed by atoms with Gasteiger partial charge in [-0.1, -0.05) is 0 Å². The second-order valence-electron chi connectivity index (χ2n) is 6.28. The molecule has 3 rings (SSSR count). The van der Waals surface area contributed by atoms with Gasteiger partial charge in [0.1, 0.15) is 0 Å². The van der Waals surface area contributed by atoms with Gasteiger partial charge in [0.2, 0.25) is 6.23 Å². The number of nitrogens with zero attached hydrogens (tertiary/aromatic N) is 1. The number of hydrogen-bond donors (Lipinski definition) is 1. The number of hydrogen-bond acceptors (Lipinski definition) is 7. The minimum atomic E-state index is -4.10. The van der Waals surface area contributed by atoms with Crippen LogP contribution in [0.2, 0.25) is 0 Å². The SMILES string of the molecule is CC(C)OP1(=S)OC[C@@]2(C(F)F)O[C@@H](n3ccc(=O)[nH]c3=O)C(F)(F)[C@@H]2O1. The van der Waals surface area contributed by atoms with Crippen molar-refractivity contribution in [3.05, 3.63) is 33.1 Å². The third kappa shape index (κ3) is 3.40. The third-order valence-electron chi connectivity index (χ3n) is 3.95. The molecule has 2 aliphatic rings. The smallest absolute Gasteiger partial charge is 0.330 e. The molecule has 1 aromatic rings. The Kier molecular flexibility index (Phi) is 5.15. The van der Waals surface area contributed by atoms with Gasteiger partial charge in [-0.3, -0.25) is 18.9 Å². The van der Waals surface area contributed by atoms with E-state index in [0.717, 1.165) is 12.3 Å². The Morgan fingerprint density at radius 1 is 1.41 bits per heavy atom. The minimum absolute atomic E-state index is 0.306. The molecule has 3 heterocycles. The highest BCUT2D eigenvalue weighted by atomic mass is 32.5. The van der Waals surface area contributed by atoms with Gasteiger partial charge in [-0.05, 0) is 25.7 Å². The molecule has 0 aliphatic carbocycles. The van der Waals surface area contributed by atoms with Crippen LogP contribution < -0.4 is 11.2 Å². The summed E-state index contributed by atoms with van der Waals surface area (Å²) < 4.78 is 78.1. The number of halogens is 4. The normalized spacial score (nSPS) is 35.6. The molecule has 0 bridgehead atoms. The fraction of sp³-hybridized carbons (Fsp3) is 0.692. The highest BCUT2D eigenvalue weighted by Gasteiger charge is 2.74. The van der Waals surface area contributed by atoms with Crippen molar-refractivity contribution in [3.8, 4) is 0 Å². The fourth-order valence-electron chi connectivity index (χ4n) is 2.81. The second-order valence-corrected chi connectivity index (χ2v) is 9.19. The van der Waals surface area contributed by atoms with Crippen molar-refractivity contribution in [3.63, 3.8) is 0 Å². The summed E-state index contributed by atoms with van der Waals surface area (Å²) in [5, 5.41) is 0. The molecule has 1 N–H and O–H groups in total. The summed E-state index contributed by atoms with van der Waals surface area (Å²) in [6.07, 6.45) is -8.28. The first-order valence-corrected chi connectivity index (χ1v) is 10.2. The zero-order valence-corrected chi connectivity index (χ0v) is 15.6. The molecular formula is C13H15F4N2O6PS. The Hall–Kier alpha value is -1.11. The number of H-pyrrole nitrogens is 1. The van der Waals surface area contributed by atoms with Crippen LogP contribution in [0.5, 0.6) is 0 Å². The molecule has 1 aromatic heterocycles. The molecule has 0 saturated carbocycles. The van der Waals surface area contributed by atoms with Crippen LogP contribution in [0.25, 0.3) is 0 Å². The first-order valence-electron chi connectivity index (χ1n) is 7.68. The molecular weight excluding hydrogens is 419 g/mol. The standard InChI is InChI=1S/C13H15F4N2O6PS/c1-6(2)24-26(27)22-5-12(9(14)15)8(25-26)13(16,17)10(23-12)19-4-3-7(20)18-11(19)21/h3-4,6,8-10H,5H2,1-2H3,(H,18,20,21)/t8-,10-,12-,26?/m1/s1. The Bertz CT molecular complexity index is 892. The Balaban J connectivity index is 2.06. The van der Waals surface area contributed by atoms with Crippen molar-refractivity contribution in [2.75, 3.05) is 6.61 Å². The van der Waals surface area contributed by atoms with Crippen molar-refractivity contribution < 1.29 is 35.9 Å². The molecule has 8 nitrogen and oxygen atoms in total. The number of nitrogens with one attached hydrogen (secondary N) is 1. The molecule has 2 saturated heterocycles.